The molecule has 0 amide bonds. The smallest absolute Gasteiger partial charge is 0.436 e. The van der Waals surface area contributed by atoms with Crippen molar-refractivity contribution >= 4 is 12.4 Å². The number of phenolic OH excluding ortho intramolecular Hbond substituents is 2. The summed E-state index contributed by atoms with van der Waals surface area (Å²) in [5.41, 5.74) is -1.70. The quantitative estimate of drug-likeness (QED) is 0.182. The molecule has 2 unspecified atom stereocenters. The van der Waals surface area contributed by atoms with Crippen LogP contribution in [0.15, 0.2) is 34.3 Å². The van der Waals surface area contributed by atoms with Crippen molar-refractivity contribution in [1.82, 2.24) is 0 Å². The number of hydrogen-bond acceptors (Lipinski definition) is 5. The molecule has 15 heteroatoms. The normalized spacial score (nSPS) is 18.3. The molecule has 0 bridgehead atoms. The van der Waals surface area contributed by atoms with E-state index in [1.54, 1.807) is 0 Å². The van der Waals surface area contributed by atoms with E-state index in [-0.39, 0.29) is 40.0 Å². The third-order valence-electron chi connectivity index (χ3n) is 7.87. The number of alkyl halides is 9. The molecule has 2 aromatic rings. The number of benzene rings is 2. The molecule has 2 N–H and O–H groups in total. The fraction of sp³-hybridized carbons (Fsp3) is 0.588. The number of halogens is 9. The minimum absolute atomic E-state index is 0. The van der Waals surface area contributed by atoms with E-state index in [9.17, 15) is 54.8 Å². The predicted octanol–water partition coefficient (Wildman–Crippen LogP) is 8.93. The van der Waals surface area contributed by atoms with Crippen LogP contribution >= 0.6 is 0 Å². The topological polar surface area (TPSA) is 88.2 Å². The van der Waals surface area contributed by atoms with Crippen LogP contribution in [0.4, 0.5) is 39.5 Å². The molecule has 2 aromatic carbocycles. The maximum atomic E-state index is 12.0. The number of nitrogens with zero attached hydrogens (tertiary/aromatic N) is 2. The van der Waals surface area contributed by atoms with Crippen LogP contribution in [0.25, 0.3) is 0 Å². The van der Waals surface area contributed by atoms with Crippen LogP contribution in [0.2, 0.25) is 0 Å². The molecule has 5 nitrogen and oxygen atoms in total. The molecule has 1 saturated carbocycles. The first-order chi connectivity index (χ1) is 21.5. The van der Waals surface area contributed by atoms with Crippen LogP contribution in [0.3, 0.4) is 0 Å². The maximum absolute atomic E-state index is 12.0. The van der Waals surface area contributed by atoms with Gasteiger partial charge in [-0.25, -0.2) is 13.2 Å². The molecule has 0 heterocycles. The van der Waals surface area contributed by atoms with Gasteiger partial charge in [-0.15, -0.1) is 0 Å². The van der Waals surface area contributed by atoms with Crippen LogP contribution < -0.4 is 5.11 Å². The van der Waals surface area contributed by atoms with Gasteiger partial charge in [-0.2, -0.15) is 26.3 Å². The van der Waals surface area contributed by atoms with E-state index in [0.717, 1.165) is 59.1 Å². The summed E-state index contributed by atoms with van der Waals surface area (Å²) < 4.78 is 103. The second-order valence-electron chi connectivity index (χ2n) is 14.1. The van der Waals surface area contributed by atoms with Gasteiger partial charge in [0.2, 0.25) is 6.11 Å². The van der Waals surface area contributed by atoms with Gasteiger partial charge in [0.05, 0.1) is 12.1 Å². The van der Waals surface area contributed by atoms with Gasteiger partial charge in [-0.3, -0.25) is 9.98 Å². The largest absolute Gasteiger partial charge is 0.795 e. The molecule has 1 aliphatic carbocycles. The maximum Gasteiger partial charge on any atom is 0.436 e. The van der Waals surface area contributed by atoms with Gasteiger partial charge in [-0.05, 0) is 60.8 Å². The van der Waals surface area contributed by atoms with Gasteiger partial charge >= 0.3 is 18.0 Å². The van der Waals surface area contributed by atoms with Crippen molar-refractivity contribution < 1.29 is 71.9 Å². The van der Waals surface area contributed by atoms with Gasteiger partial charge in [-0.1, -0.05) is 66.5 Å². The Hall–Kier alpha value is -2.77. The minimum atomic E-state index is -7.08. The molecule has 0 aliphatic heterocycles. The average molecular weight is 753 g/mol. The number of phenols is 2. The third-order valence-corrected chi connectivity index (χ3v) is 7.87. The zero-order valence-corrected chi connectivity index (χ0v) is 29.6. The summed E-state index contributed by atoms with van der Waals surface area (Å²) in [7, 11) is 0. The number of hydrogen-bond donors (Lipinski definition) is 2. The van der Waals surface area contributed by atoms with Gasteiger partial charge < -0.3 is 15.3 Å². The first kappa shape index (κ1) is 44.3. The Bertz CT molecular complexity index is 1360. The Morgan fingerprint density at radius 2 is 0.939 bits per heavy atom. The van der Waals surface area contributed by atoms with Crippen molar-refractivity contribution in [2.24, 2.45) is 9.98 Å². The summed E-state index contributed by atoms with van der Waals surface area (Å²) >= 11 is 0. The van der Waals surface area contributed by atoms with Gasteiger partial charge in [0.15, 0.2) is 0 Å². The van der Waals surface area contributed by atoms with Crippen molar-refractivity contribution in [2.45, 2.75) is 128 Å². The molecule has 277 valence electrons. The first-order valence-electron chi connectivity index (χ1n) is 15.2. The fourth-order valence-corrected chi connectivity index (χ4v) is 5.24. The molecule has 3 rings (SSSR count). The molecule has 1 aliphatic rings. The van der Waals surface area contributed by atoms with Crippen LogP contribution in [-0.2, 0) is 27.9 Å². The minimum Gasteiger partial charge on any atom is -0.795 e. The molecule has 49 heavy (non-hydrogen) atoms. The van der Waals surface area contributed by atoms with Gasteiger partial charge in [0.25, 0.3) is 0 Å². The van der Waals surface area contributed by atoms with E-state index in [1.165, 1.54) is 0 Å². The average Bonchev–Trinajstić information content (AvgIpc) is 2.90. The van der Waals surface area contributed by atoms with Crippen LogP contribution in [0.1, 0.15) is 101 Å². The van der Waals surface area contributed by atoms with E-state index in [0.29, 0.717) is 11.5 Å². The van der Waals surface area contributed by atoms with E-state index >= 15 is 0 Å². The summed E-state index contributed by atoms with van der Waals surface area (Å²) in [6.45, 7) is 16.8. The Kier molecular flexibility index (Phi) is 14.1. The van der Waals surface area contributed by atoms with E-state index in [2.05, 4.69) is 67.5 Å². The van der Waals surface area contributed by atoms with Crippen LogP contribution in [-0.4, -0.2) is 58.9 Å². The first-order valence-corrected chi connectivity index (χ1v) is 15.2. The summed E-state index contributed by atoms with van der Waals surface area (Å²) in [5, 5.41) is 31.1. The second-order valence-corrected chi connectivity index (χ2v) is 14.1. The molecule has 0 aromatic heterocycles. The summed E-state index contributed by atoms with van der Waals surface area (Å²) in [4.78, 5) is 9.82. The number of aromatic hydroxyl groups is 2. The summed E-state index contributed by atoms with van der Waals surface area (Å²) in [5.74, 6) is 0.634. The van der Waals surface area contributed by atoms with Gasteiger partial charge in [0.1, 0.15) is 11.5 Å². The Labute approximate surface area is 291 Å². The van der Waals surface area contributed by atoms with Crippen LogP contribution in [0.5, 0.6) is 11.5 Å². The van der Waals surface area contributed by atoms with Crippen molar-refractivity contribution in [3.05, 3.63) is 57.6 Å². The zero-order chi connectivity index (χ0) is 37.3. The summed E-state index contributed by atoms with van der Waals surface area (Å²) in [6, 6.07) is 8.23. The van der Waals surface area contributed by atoms with Gasteiger partial charge in [0, 0.05) is 51.8 Å². The van der Waals surface area contributed by atoms with Crippen molar-refractivity contribution in [2.75, 3.05) is 0 Å². The number of aryl methyl sites for hydroxylation is 2. The van der Waals surface area contributed by atoms with Crippen molar-refractivity contribution in [1.29, 1.82) is 0 Å². The van der Waals surface area contributed by atoms with Crippen molar-refractivity contribution in [3.63, 3.8) is 0 Å². The number of rotatable bonds is 5. The molecular formula is C34H42F9MnN2O3-. The monoisotopic (exact) mass is 752 g/mol. The van der Waals surface area contributed by atoms with E-state index in [4.69, 9.17) is 9.98 Å². The number of aliphatic imine (C=N–C) groups is 2. The standard InChI is InChI=1S/C30H42N2O2.C4F9O.Mn/c1-19-13-21(27(33)23(15-19)29(3,4)5)17-31-25-11-9-10-12-26(25)32-18-22-14-20(2)16-24(28(22)34)30(6,7)8;5-1(2(6,7)8,3(9,10)11)4(12,13)14;/h13-18,25-26,33-34H,9-12H2,1-8H3;;/q;-1;. The Morgan fingerprint density at radius 3 is 1.16 bits per heavy atom. The third kappa shape index (κ3) is 10.6. The second kappa shape index (κ2) is 15.6. The molecule has 0 spiro atoms. The van der Waals surface area contributed by atoms with Crippen molar-refractivity contribution in [3.8, 4) is 11.5 Å². The van der Waals surface area contributed by atoms with E-state index in [1.807, 2.05) is 24.6 Å². The molecule has 1 radical (unpaired) electrons. The Morgan fingerprint density at radius 1 is 0.633 bits per heavy atom. The molecular weight excluding hydrogens is 710 g/mol. The fourth-order valence-electron chi connectivity index (χ4n) is 5.24. The molecule has 2 atom stereocenters. The van der Waals surface area contributed by atoms with Crippen LogP contribution in [0, 0.1) is 13.8 Å². The SMILES string of the molecule is Cc1cc(C=NC2CCCCC2N=Cc2cc(C)cc(C(C)(C)C)c2O)c(O)c(C(C)(C)C)c1.[Mn].[O-]C(F)(F)C(F)(C(F)(F)F)C(F)(F)F. The molecule has 1 fully saturated rings. The predicted molar refractivity (Wildman–Crippen MR) is 165 cm³/mol. The van der Waals surface area contributed by atoms with E-state index < -0.39 is 24.1 Å². The zero-order valence-electron chi connectivity index (χ0n) is 28.4. The summed E-state index contributed by atoms with van der Waals surface area (Å²) in [6.07, 6.45) is -13.0. The Balaban J connectivity index is 0.000000679. The molecule has 0 saturated heterocycles.